The lowest BCUT2D eigenvalue weighted by Gasteiger charge is -2.22. The third kappa shape index (κ3) is 5.01. The van der Waals surface area contributed by atoms with Crippen molar-refractivity contribution in [1.29, 1.82) is 0 Å². The lowest BCUT2D eigenvalue weighted by molar-refractivity contribution is 0.252. The highest BCUT2D eigenvalue weighted by molar-refractivity contribution is 7.89. The van der Waals surface area contributed by atoms with Crippen LogP contribution in [0.4, 0.5) is 14.3 Å². The average molecular weight is 396 g/mol. The van der Waals surface area contributed by atoms with Gasteiger partial charge in [0.05, 0.1) is 16.9 Å². The first-order valence-corrected chi connectivity index (χ1v) is 9.99. The Hall–Kier alpha value is -2.48. The van der Waals surface area contributed by atoms with E-state index in [1.807, 2.05) is 0 Å². The number of aromatic nitrogens is 1. The van der Waals surface area contributed by atoms with Crippen LogP contribution in [-0.4, -0.2) is 31.7 Å². The Morgan fingerprint density at radius 2 is 2.08 bits per heavy atom. The summed E-state index contributed by atoms with van der Waals surface area (Å²) in [5, 5.41) is 11.7. The SMILES string of the molecule is C#C[C@](C)(c1ccc(F)cc1)c1csc(NC(=O)NCCS(N)(=O)=O)n1. The molecule has 1 heterocycles. The molecule has 0 aliphatic rings. The Balaban J connectivity index is 2.09. The zero-order valence-electron chi connectivity index (χ0n) is 13.8. The van der Waals surface area contributed by atoms with Crippen LogP contribution in [0.1, 0.15) is 18.2 Å². The van der Waals surface area contributed by atoms with Gasteiger partial charge in [-0.05, 0) is 24.6 Å². The maximum Gasteiger partial charge on any atom is 0.321 e. The van der Waals surface area contributed by atoms with Gasteiger partial charge in [0.2, 0.25) is 10.0 Å². The van der Waals surface area contributed by atoms with Crippen LogP contribution in [0.5, 0.6) is 0 Å². The van der Waals surface area contributed by atoms with Gasteiger partial charge < -0.3 is 5.32 Å². The summed E-state index contributed by atoms with van der Waals surface area (Å²) < 4.78 is 34.8. The minimum atomic E-state index is -3.65. The summed E-state index contributed by atoms with van der Waals surface area (Å²) in [5.74, 6) is 1.92. The molecule has 10 heteroatoms. The van der Waals surface area contributed by atoms with Gasteiger partial charge in [0, 0.05) is 11.9 Å². The number of terminal acetylenes is 1. The summed E-state index contributed by atoms with van der Waals surface area (Å²) in [6.45, 7) is 1.64. The first kappa shape index (κ1) is 19.8. The van der Waals surface area contributed by atoms with E-state index in [1.54, 1.807) is 24.4 Å². The number of urea groups is 1. The Morgan fingerprint density at radius 3 is 2.65 bits per heavy atom. The predicted octanol–water partition coefficient (Wildman–Crippen LogP) is 1.63. The quantitative estimate of drug-likeness (QED) is 0.644. The molecule has 2 aromatic rings. The number of primary sulfonamides is 1. The number of sulfonamides is 1. The number of hydrogen-bond donors (Lipinski definition) is 3. The topological polar surface area (TPSA) is 114 Å². The highest BCUT2D eigenvalue weighted by Crippen LogP contribution is 2.33. The largest absolute Gasteiger partial charge is 0.337 e. The van der Waals surface area contributed by atoms with Crippen LogP contribution in [-0.2, 0) is 15.4 Å². The molecular weight excluding hydrogens is 379 g/mol. The number of carbonyl (C=O) groups excluding carboxylic acids is 1. The highest BCUT2D eigenvalue weighted by atomic mass is 32.2. The number of amides is 2. The van der Waals surface area contributed by atoms with Crippen LogP contribution in [0.25, 0.3) is 0 Å². The van der Waals surface area contributed by atoms with Gasteiger partial charge in [0.15, 0.2) is 5.13 Å². The molecule has 0 unspecified atom stereocenters. The number of nitrogens with two attached hydrogens (primary N) is 1. The molecule has 0 fully saturated rings. The fourth-order valence-corrected chi connectivity index (χ4v) is 3.30. The van der Waals surface area contributed by atoms with E-state index >= 15 is 0 Å². The minimum Gasteiger partial charge on any atom is -0.337 e. The number of carbonyl (C=O) groups is 1. The van der Waals surface area contributed by atoms with Crippen LogP contribution >= 0.6 is 11.3 Å². The van der Waals surface area contributed by atoms with Crippen molar-refractivity contribution in [2.24, 2.45) is 5.14 Å². The van der Waals surface area contributed by atoms with E-state index in [-0.39, 0.29) is 23.2 Å². The standard InChI is InChI=1S/C16H17FN4O3S2/c1-3-16(2,11-4-6-12(17)7-5-11)13-10-25-15(20-13)21-14(22)19-8-9-26(18,23)24/h1,4-7,10H,8-9H2,2H3,(H2,18,23,24)(H2,19,20,21,22)/t16-/m1/s1. The monoisotopic (exact) mass is 396 g/mol. The maximum absolute atomic E-state index is 13.1. The Bertz CT molecular complexity index is 935. The van der Waals surface area contributed by atoms with Crippen molar-refractivity contribution in [3.05, 3.63) is 46.7 Å². The lowest BCUT2D eigenvalue weighted by atomic mass is 9.81. The molecule has 0 saturated carbocycles. The molecule has 138 valence electrons. The Kier molecular flexibility index (Phi) is 5.97. The van der Waals surface area contributed by atoms with Crippen molar-refractivity contribution in [3.8, 4) is 12.3 Å². The molecule has 1 aromatic carbocycles. The zero-order valence-corrected chi connectivity index (χ0v) is 15.5. The van der Waals surface area contributed by atoms with E-state index in [0.717, 1.165) is 11.3 Å². The van der Waals surface area contributed by atoms with Crippen molar-refractivity contribution in [3.63, 3.8) is 0 Å². The van der Waals surface area contributed by atoms with Gasteiger partial charge >= 0.3 is 6.03 Å². The van der Waals surface area contributed by atoms with Crippen molar-refractivity contribution in [1.82, 2.24) is 10.3 Å². The van der Waals surface area contributed by atoms with Gasteiger partial charge in [-0.15, -0.1) is 17.8 Å². The number of benzene rings is 1. The van der Waals surface area contributed by atoms with Gasteiger partial charge in [0.25, 0.3) is 0 Å². The Labute approximate surface area is 154 Å². The lowest BCUT2D eigenvalue weighted by Crippen LogP contribution is -2.34. The predicted molar refractivity (Wildman–Crippen MR) is 98.8 cm³/mol. The van der Waals surface area contributed by atoms with E-state index in [4.69, 9.17) is 11.6 Å². The molecular formula is C16H17FN4O3S2. The second-order valence-electron chi connectivity index (χ2n) is 5.56. The smallest absolute Gasteiger partial charge is 0.321 e. The molecule has 2 amide bonds. The second kappa shape index (κ2) is 7.82. The summed E-state index contributed by atoms with van der Waals surface area (Å²) in [6.07, 6.45) is 5.68. The number of nitrogens with one attached hydrogen (secondary N) is 2. The van der Waals surface area contributed by atoms with Crippen molar-refractivity contribution in [2.75, 3.05) is 17.6 Å². The highest BCUT2D eigenvalue weighted by Gasteiger charge is 2.29. The second-order valence-corrected chi connectivity index (χ2v) is 8.15. The van der Waals surface area contributed by atoms with Gasteiger partial charge in [-0.2, -0.15) is 0 Å². The third-order valence-electron chi connectivity index (χ3n) is 3.62. The van der Waals surface area contributed by atoms with Gasteiger partial charge in [-0.1, -0.05) is 18.1 Å². The van der Waals surface area contributed by atoms with Crippen LogP contribution in [0.15, 0.2) is 29.6 Å². The van der Waals surface area contributed by atoms with Crippen LogP contribution < -0.4 is 15.8 Å². The third-order valence-corrected chi connectivity index (χ3v) is 5.15. The van der Waals surface area contributed by atoms with Gasteiger partial charge in [-0.25, -0.2) is 27.7 Å². The number of nitrogens with zero attached hydrogens (tertiary/aromatic N) is 1. The molecule has 0 aliphatic heterocycles. The molecule has 0 spiro atoms. The molecule has 7 nitrogen and oxygen atoms in total. The number of anilines is 1. The average Bonchev–Trinajstić information content (AvgIpc) is 3.02. The first-order valence-electron chi connectivity index (χ1n) is 7.39. The van der Waals surface area contributed by atoms with Crippen LogP contribution in [0, 0.1) is 18.2 Å². The van der Waals surface area contributed by atoms with Crippen molar-refractivity contribution < 1.29 is 17.6 Å². The normalized spacial score (nSPS) is 13.5. The van der Waals surface area contributed by atoms with Crippen molar-refractivity contribution >= 4 is 32.5 Å². The molecule has 0 bridgehead atoms. The molecule has 0 saturated heterocycles. The number of halogens is 1. The van der Waals surface area contributed by atoms with Crippen molar-refractivity contribution in [2.45, 2.75) is 12.3 Å². The fraction of sp³-hybridized carbons (Fsp3) is 0.250. The minimum absolute atomic E-state index is 0.124. The number of hydrogen-bond acceptors (Lipinski definition) is 5. The summed E-state index contributed by atoms with van der Waals surface area (Å²) in [7, 11) is -3.65. The molecule has 1 atom stereocenters. The molecule has 4 N–H and O–H groups in total. The summed E-state index contributed by atoms with van der Waals surface area (Å²) in [4.78, 5) is 16.1. The fourth-order valence-electron chi connectivity index (χ4n) is 2.10. The van der Waals surface area contributed by atoms with Gasteiger partial charge in [-0.3, -0.25) is 5.32 Å². The summed E-state index contributed by atoms with van der Waals surface area (Å²) in [6, 6.07) is 5.19. The molecule has 1 aromatic heterocycles. The van der Waals surface area contributed by atoms with E-state index in [2.05, 4.69) is 21.5 Å². The molecule has 0 aliphatic carbocycles. The summed E-state index contributed by atoms with van der Waals surface area (Å²) in [5.41, 5.74) is 0.320. The first-order chi connectivity index (χ1) is 12.1. The molecule has 0 radical (unpaired) electrons. The van der Waals surface area contributed by atoms with E-state index in [1.165, 1.54) is 12.1 Å². The molecule has 26 heavy (non-hydrogen) atoms. The van der Waals surface area contributed by atoms with Crippen LogP contribution in [0.2, 0.25) is 0 Å². The Morgan fingerprint density at radius 1 is 1.42 bits per heavy atom. The summed E-state index contributed by atoms with van der Waals surface area (Å²) >= 11 is 1.16. The van der Waals surface area contributed by atoms with E-state index in [0.29, 0.717) is 11.3 Å². The number of thiazole rings is 1. The van der Waals surface area contributed by atoms with Crippen LogP contribution in [0.3, 0.4) is 0 Å². The number of rotatable bonds is 6. The molecule has 2 rings (SSSR count). The maximum atomic E-state index is 13.1. The van der Waals surface area contributed by atoms with E-state index in [9.17, 15) is 17.6 Å². The zero-order chi connectivity index (χ0) is 19.4. The van der Waals surface area contributed by atoms with E-state index < -0.39 is 21.5 Å². The van der Waals surface area contributed by atoms with Gasteiger partial charge in [0.1, 0.15) is 5.82 Å².